The van der Waals surface area contributed by atoms with Gasteiger partial charge in [0.25, 0.3) is 5.91 Å². The fraction of sp³-hybridized carbons (Fsp3) is 0.316. The lowest BCUT2D eigenvalue weighted by molar-refractivity contribution is 0.0710. The van der Waals surface area contributed by atoms with Crippen molar-refractivity contribution in [3.05, 3.63) is 53.6 Å². The number of phenols is 1. The number of aliphatic hydroxyl groups excluding tert-OH is 1. The summed E-state index contributed by atoms with van der Waals surface area (Å²) in [6.45, 7) is 1.13. The minimum atomic E-state index is -1.31. The number of hydrogen-bond donors (Lipinski definition) is 2. The molecule has 0 aromatic heterocycles. The topological polar surface area (TPSA) is 64.0 Å². The molecule has 0 aliphatic rings. The van der Waals surface area contributed by atoms with E-state index in [9.17, 15) is 23.8 Å². The Morgan fingerprint density at radius 1 is 1.04 bits per heavy atom. The number of nitrogens with zero attached hydrogens (tertiary/aromatic N) is 2. The zero-order valence-electron chi connectivity index (χ0n) is 14.7. The Morgan fingerprint density at radius 2 is 1.77 bits per heavy atom. The van der Waals surface area contributed by atoms with Gasteiger partial charge in [0, 0.05) is 25.2 Å². The van der Waals surface area contributed by atoms with Gasteiger partial charge < -0.3 is 20.0 Å². The van der Waals surface area contributed by atoms with E-state index in [1.807, 2.05) is 19.0 Å². The molecule has 2 rings (SSSR count). The standard InChI is InChI=1S/C19H22F2N2O3/c1-22(2)6-7-23(8-9-24)19(26)14-5-3-4-13(10-14)15-11-16(20)18(21)17(25)12-15/h3-5,10-12,24-25H,6-9H2,1-2H3. The zero-order valence-corrected chi connectivity index (χ0v) is 14.7. The molecular weight excluding hydrogens is 342 g/mol. The first-order valence-electron chi connectivity index (χ1n) is 8.16. The molecule has 1 amide bonds. The number of aliphatic hydroxyl groups is 1. The van der Waals surface area contributed by atoms with Crippen LogP contribution in [0.3, 0.4) is 0 Å². The van der Waals surface area contributed by atoms with Gasteiger partial charge in [0.2, 0.25) is 0 Å². The number of aromatic hydroxyl groups is 1. The average Bonchev–Trinajstić information content (AvgIpc) is 2.62. The van der Waals surface area contributed by atoms with Crippen molar-refractivity contribution in [2.45, 2.75) is 0 Å². The third kappa shape index (κ3) is 4.77. The van der Waals surface area contributed by atoms with Gasteiger partial charge >= 0.3 is 0 Å². The number of phenolic OH excluding ortho intramolecular Hbond substituents is 1. The van der Waals surface area contributed by atoms with Gasteiger partial charge in [0.05, 0.1) is 6.61 Å². The van der Waals surface area contributed by atoms with E-state index >= 15 is 0 Å². The van der Waals surface area contributed by atoms with Crippen molar-refractivity contribution >= 4 is 5.91 Å². The van der Waals surface area contributed by atoms with Crippen molar-refractivity contribution < 1.29 is 23.8 Å². The maximum atomic E-state index is 13.5. The zero-order chi connectivity index (χ0) is 19.3. The Kier molecular flexibility index (Phi) is 6.65. The molecule has 0 fully saturated rings. The van der Waals surface area contributed by atoms with Gasteiger partial charge in [0.1, 0.15) is 0 Å². The average molecular weight is 364 g/mol. The van der Waals surface area contributed by atoms with E-state index in [4.69, 9.17) is 0 Å². The van der Waals surface area contributed by atoms with Gasteiger partial charge in [-0.05, 0) is 49.5 Å². The maximum absolute atomic E-state index is 13.5. The predicted molar refractivity (Wildman–Crippen MR) is 95.0 cm³/mol. The van der Waals surface area contributed by atoms with Gasteiger partial charge in [-0.3, -0.25) is 4.79 Å². The highest BCUT2D eigenvalue weighted by Crippen LogP contribution is 2.28. The Bertz CT molecular complexity index is 758. The molecule has 26 heavy (non-hydrogen) atoms. The summed E-state index contributed by atoms with van der Waals surface area (Å²) < 4.78 is 26.8. The summed E-state index contributed by atoms with van der Waals surface area (Å²) in [5.41, 5.74) is 1.10. The molecule has 0 unspecified atom stereocenters. The summed E-state index contributed by atoms with van der Waals surface area (Å²) in [6, 6.07) is 8.51. The minimum Gasteiger partial charge on any atom is -0.505 e. The predicted octanol–water partition coefficient (Wildman–Crippen LogP) is 2.33. The molecule has 0 radical (unpaired) electrons. The van der Waals surface area contributed by atoms with Gasteiger partial charge in [0.15, 0.2) is 17.4 Å². The van der Waals surface area contributed by atoms with Crippen LogP contribution in [0.1, 0.15) is 10.4 Å². The van der Waals surface area contributed by atoms with Crippen LogP contribution in [0.2, 0.25) is 0 Å². The first-order chi connectivity index (χ1) is 12.3. The number of amides is 1. The molecule has 0 aliphatic carbocycles. The summed E-state index contributed by atoms with van der Waals surface area (Å²) in [5, 5.41) is 18.7. The lowest BCUT2D eigenvalue weighted by atomic mass is 10.0. The van der Waals surface area contributed by atoms with E-state index < -0.39 is 17.4 Å². The molecule has 5 nitrogen and oxygen atoms in total. The summed E-state index contributed by atoms with van der Waals surface area (Å²) in [7, 11) is 3.77. The fourth-order valence-electron chi connectivity index (χ4n) is 2.51. The molecule has 0 saturated carbocycles. The number of hydrogen-bond acceptors (Lipinski definition) is 4. The van der Waals surface area contributed by atoms with E-state index in [0.717, 1.165) is 12.1 Å². The first kappa shape index (κ1) is 19.8. The van der Waals surface area contributed by atoms with Crippen molar-refractivity contribution in [3.63, 3.8) is 0 Å². The second-order valence-corrected chi connectivity index (χ2v) is 6.19. The molecule has 0 spiro atoms. The Morgan fingerprint density at radius 3 is 2.38 bits per heavy atom. The third-order valence-corrected chi connectivity index (χ3v) is 3.93. The molecular formula is C19H22F2N2O3. The van der Waals surface area contributed by atoms with Crippen LogP contribution in [-0.2, 0) is 0 Å². The SMILES string of the molecule is CN(C)CCN(CCO)C(=O)c1cccc(-c2cc(O)c(F)c(F)c2)c1. The van der Waals surface area contributed by atoms with Gasteiger partial charge in [-0.15, -0.1) is 0 Å². The number of rotatable bonds is 7. The first-order valence-corrected chi connectivity index (χ1v) is 8.16. The van der Waals surface area contributed by atoms with E-state index in [0.29, 0.717) is 24.2 Å². The van der Waals surface area contributed by atoms with Gasteiger partial charge in [-0.1, -0.05) is 12.1 Å². The summed E-state index contributed by atoms with van der Waals surface area (Å²) in [6.07, 6.45) is 0. The maximum Gasteiger partial charge on any atom is 0.253 e. The van der Waals surface area contributed by atoms with Gasteiger partial charge in [-0.25, -0.2) is 4.39 Å². The molecule has 2 N–H and O–H groups in total. The second-order valence-electron chi connectivity index (χ2n) is 6.19. The fourth-order valence-corrected chi connectivity index (χ4v) is 2.51. The second kappa shape index (κ2) is 8.73. The smallest absolute Gasteiger partial charge is 0.253 e. The third-order valence-electron chi connectivity index (χ3n) is 3.93. The molecule has 7 heteroatoms. The van der Waals surface area contributed by atoms with Crippen LogP contribution in [-0.4, -0.2) is 66.3 Å². The van der Waals surface area contributed by atoms with Crippen molar-refractivity contribution in [2.24, 2.45) is 0 Å². The van der Waals surface area contributed by atoms with Gasteiger partial charge in [-0.2, -0.15) is 4.39 Å². The highest BCUT2D eigenvalue weighted by molar-refractivity contribution is 5.95. The van der Waals surface area contributed by atoms with Crippen LogP contribution in [0.25, 0.3) is 11.1 Å². The van der Waals surface area contributed by atoms with Crippen molar-refractivity contribution in [1.29, 1.82) is 0 Å². The van der Waals surface area contributed by atoms with Crippen LogP contribution < -0.4 is 0 Å². The lowest BCUT2D eigenvalue weighted by Crippen LogP contribution is -2.38. The van der Waals surface area contributed by atoms with E-state index in [1.165, 1.54) is 4.90 Å². The minimum absolute atomic E-state index is 0.157. The number of likely N-dealkylation sites (N-methyl/N-ethyl adjacent to an activating group) is 1. The van der Waals surface area contributed by atoms with Crippen LogP contribution in [0.5, 0.6) is 5.75 Å². The highest BCUT2D eigenvalue weighted by Gasteiger charge is 2.17. The molecule has 0 aliphatic heterocycles. The number of carbonyl (C=O) groups excluding carboxylic acids is 1. The molecule has 0 atom stereocenters. The number of halogens is 2. The summed E-state index contributed by atoms with van der Waals surface area (Å²) in [5.74, 6) is -3.53. The van der Waals surface area contributed by atoms with Crippen molar-refractivity contribution in [2.75, 3.05) is 40.3 Å². The summed E-state index contributed by atoms with van der Waals surface area (Å²) >= 11 is 0. The van der Waals surface area contributed by atoms with Crippen LogP contribution in [0, 0.1) is 11.6 Å². The Balaban J connectivity index is 2.31. The normalized spacial score (nSPS) is 11.0. The summed E-state index contributed by atoms with van der Waals surface area (Å²) in [4.78, 5) is 16.2. The van der Waals surface area contributed by atoms with E-state index in [1.54, 1.807) is 24.3 Å². The largest absolute Gasteiger partial charge is 0.505 e. The van der Waals surface area contributed by atoms with Crippen molar-refractivity contribution in [3.8, 4) is 16.9 Å². The number of benzene rings is 2. The molecule has 2 aromatic rings. The molecule has 0 saturated heterocycles. The lowest BCUT2D eigenvalue weighted by Gasteiger charge is -2.24. The van der Waals surface area contributed by atoms with Crippen LogP contribution in [0.15, 0.2) is 36.4 Å². The number of carbonyl (C=O) groups is 1. The Labute approximate surface area is 151 Å². The van der Waals surface area contributed by atoms with Crippen LogP contribution >= 0.6 is 0 Å². The molecule has 0 bridgehead atoms. The molecule has 0 heterocycles. The molecule has 140 valence electrons. The van der Waals surface area contributed by atoms with Crippen LogP contribution in [0.4, 0.5) is 8.78 Å². The quantitative estimate of drug-likeness (QED) is 0.792. The Hall–Kier alpha value is -2.51. The highest BCUT2D eigenvalue weighted by atomic mass is 19.2. The van der Waals surface area contributed by atoms with E-state index in [-0.39, 0.29) is 24.6 Å². The molecule has 2 aromatic carbocycles. The monoisotopic (exact) mass is 364 g/mol. The van der Waals surface area contributed by atoms with E-state index in [2.05, 4.69) is 0 Å². The van der Waals surface area contributed by atoms with Crippen molar-refractivity contribution in [1.82, 2.24) is 9.80 Å².